The van der Waals surface area contributed by atoms with E-state index >= 15 is 0 Å². The van der Waals surface area contributed by atoms with Crippen molar-refractivity contribution in [2.75, 3.05) is 6.54 Å². The Kier molecular flexibility index (Phi) is 8.59. The monoisotopic (exact) mass is 427 g/mol. The summed E-state index contributed by atoms with van der Waals surface area (Å²) in [6.45, 7) is 3.39. The van der Waals surface area contributed by atoms with E-state index in [2.05, 4.69) is 41.8 Å². The number of benzene rings is 2. The number of aliphatic hydroxyl groups is 1. The minimum Gasteiger partial charge on any atom is -0.391 e. The molecule has 0 spiro atoms. The summed E-state index contributed by atoms with van der Waals surface area (Å²) in [6, 6.07) is 14.1. The normalized spacial score (nSPS) is 14.7. The SMILES string of the molecule is C.CCc1ccc(-c2ccc(C(=O)N[C@H](CN(O)C(=O)NC3CC3)[C@@H](C)O)cc2)cc1. The minimum atomic E-state index is -0.950. The van der Waals surface area contributed by atoms with Crippen LogP contribution in [0.1, 0.15) is 50.0 Å². The average molecular weight is 428 g/mol. The molecule has 0 radical (unpaired) electrons. The van der Waals surface area contributed by atoms with Crippen LogP contribution in [0.4, 0.5) is 4.79 Å². The first-order valence-corrected chi connectivity index (χ1v) is 10.3. The van der Waals surface area contributed by atoms with Gasteiger partial charge < -0.3 is 15.7 Å². The fraction of sp³-hybridized carbons (Fsp3) is 0.417. The Labute approximate surface area is 184 Å². The lowest BCUT2D eigenvalue weighted by Gasteiger charge is -2.25. The third-order valence-electron chi connectivity index (χ3n) is 5.25. The van der Waals surface area contributed by atoms with E-state index < -0.39 is 18.2 Å². The molecule has 1 aliphatic rings. The van der Waals surface area contributed by atoms with Crippen LogP contribution >= 0.6 is 0 Å². The quantitative estimate of drug-likeness (QED) is 0.382. The van der Waals surface area contributed by atoms with Gasteiger partial charge in [0, 0.05) is 11.6 Å². The summed E-state index contributed by atoms with van der Waals surface area (Å²) in [4.78, 5) is 24.5. The van der Waals surface area contributed by atoms with Crippen molar-refractivity contribution >= 4 is 11.9 Å². The van der Waals surface area contributed by atoms with Gasteiger partial charge in [0.1, 0.15) is 0 Å². The molecule has 1 saturated carbocycles. The molecular weight excluding hydrogens is 394 g/mol. The number of hydrogen-bond donors (Lipinski definition) is 4. The van der Waals surface area contributed by atoms with Gasteiger partial charge in [0.25, 0.3) is 5.91 Å². The lowest BCUT2D eigenvalue weighted by molar-refractivity contribution is -0.0580. The highest BCUT2D eigenvalue weighted by Gasteiger charge is 2.28. The largest absolute Gasteiger partial charge is 0.391 e. The number of nitrogens with one attached hydrogen (secondary N) is 2. The number of amides is 3. The van der Waals surface area contributed by atoms with Crippen molar-refractivity contribution < 1.29 is 19.9 Å². The Morgan fingerprint density at radius 1 is 1.06 bits per heavy atom. The maximum absolute atomic E-state index is 12.6. The molecule has 1 fully saturated rings. The average Bonchev–Trinajstić information content (AvgIpc) is 3.57. The lowest BCUT2D eigenvalue weighted by atomic mass is 10.0. The Hall–Kier alpha value is -2.90. The van der Waals surface area contributed by atoms with Crippen LogP contribution in [0.3, 0.4) is 0 Å². The Balaban J connectivity index is 0.00000341. The number of nitrogens with zero attached hydrogens (tertiary/aromatic N) is 1. The first kappa shape index (κ1) is 24.4. The third-order valence-corrected chi connectivity index (χ3v) is 5.25. The number of carbonyl (C=O) groups is 2. The number of aliphatic hydroxyl groups excluding tert-OH is 1. The predicted octanol–water partition coefficient (Wildman–Crippen LogP) is 3.59. The van der Waals surface area contributed by atoms with E-state index in [-0.39, 0.29) is 25.9 Å². The molecule has 0 saturated heterocycles. The molecule has 0 aliphatic heterocycles. The summed E-state index contributed by atoms with van der Waals surface area (Å²) in [5.74, 6) is -0.384. The van der Waals surface area contributed by atoms with E-state index in [1.165, 1.54) is 12.5 Å². The van der Waals surface area contributed by atoms with E-state index in [1.54, 1.807) is 12.1 Å². The molecule has 7 nitrogen and oxygen atoms in total. The highest BCUT2D eigenvalue weighted by molar-refractivity contribution is 5.95. The number of carbonyl (C=O) groups excluding carboxylic acids is 2. The van der Waals surface area contributed by atoms with Crippen molar-refractivity contribution in [2.24, 2.45) is 0 Å². The predicted molar refractivity (Wildman–Crippen MR) is 121 cm³/mol. The van der Waals surface area contributed by atoms with E-state index in [4.69, 9.17) is 0 Å². The van der Waals surface area contributed by atoms with Crippen LogP contribution in [0.25, 0.3) is 11.1 Å². The molecule has 1 aliphatic carbocycles. The van der Waals surface area contributed by atoms with Gasteiger partial charge in [-0.1, -0.05) is 50.7 Å². The van der Waals surface area contributed by atoms with Gasteiger partial charge >= 0.3 is 6.03 Å². The molecule has 0 unspecified atom stereocenters. The van der Waals surface area contributed by atoms with Gasteiger partial charge in [-0.3, -0.25) is 10.0 Å². The second kappa shape index (κ2) is 10.9. The van der Waals surface area contributed by atoms with Crippen LogP contribution in [-0.4, -0.2) is 52.0 Å². The first-order valence-electron chi connectivity index (χ1n) is 10.3. The van der Waals surface area contributed by atoms with Gasteiger partial charge in [-0.05, 0) is 55.0 Å². The van der Waals surface area contributed by atoms with Crippen LogP contribution in [-0.2, 0) is 6.42 Å². The van der Waals surface area contributed by atoms with Gasteiger partial charge in [-0.15, -0.1) is 0 Å². The number of hydrogen-bond acceptors (Lipinski definition) is 4. The van der Waals surface area contributed by atoms with Crippen molar-refractivity contribution in [3.05, 3.63) is 59.7 Å². The summed E-state index contributed by atoms with van der Waals surface area (Å²) < 4.78 is 0. The molecule has 3 rings (SSSR count). The molecule has 0 bridgehead atoms. The van der Waals surface area contributed by atoms with Gasteiger partial charge in [-0.2, -0.15) is 0 Å². The van der Waals surface area contributed by atoms with Crippen LogP contribution in [0, 0.1) is 0 Å². The number of aryl methyl sites for hydroxylation is 1. The standard InChI is InChI=1S/C23H29N3O4.CH4/c1-3-16-4-6-17(7-5-16)18-8-10-19(11-9-18)22(28)25-21(15(2)27)14-26(30)23(29)24-20-12-13-20;/h4-11,15,20-21,27,30H,3,12-14H2,1-2H3,(H,24,29)(H,25,28);1H4/t15-,21-;/m1./s1. The zero-order valence-corrected chi connectivity index (χ0v) is 17.3. The molecule has 0 aromatic heterocycles. The van der Waals surface area contributed by atoms with Crippen LogP contribution in [0.2, 0.25) is 0 Å². The summed E-state index contributed by atoms with van der Waals surface area (Å²) in [5.41, 5.74) is 3.77. The molecule has 2 aromatic carbocycles. The third kappa shape index (κ3) is 6.80. The fourth-order valence-corrected chi connectivity index (χ4v) is 3.06. The van der Waals surface area contributed by atoms with Gasteiger partial charge in [0.15, 0.2) is 0 Å². The van der Waals surface area contributed by atoms with E-state index in [9.17, 15) is 19.9 Å². The summed E-state index contributed by atoms with van der Waals surface area (Å²) in [5, 5.41) is 25.8. The summed E-state index contributed by atoms with van der Waals surface area (Å²) in [6.07, 6.45) is 1.83. The van der Waals surface area contributed by atoms with Gasteiger partial charge in [-0.25, -0.2) is 9.86 Å². The van der Waals surface area contributed by atoms with E-state index in [0.717, 1.165) is 30.4 Å². The highest BCUT2D eigenvalue weighted by atomic mass is 16.5. The Morgan fingerprint density at radius 3 is 2.10 bits per heavy atom. The van der Waals surface area contributed by atoms with Crippen molar-refractivity contribution in [3.8, 4) is 11.1 Å². The molecule has 3 amide bonds. The Morgan fingerprint density at radius 2 is 1.61 bits per heavy atom. The first-order chi connectivity index (χ1) is 14.4. The minimum absolute atomic E-state index is 0. The molecule has 2 aromatic rings. The molecule has 4 N–H and O–H groups in total. The van der Waals surface area contributed by atoms with Crippen molar-refractivity contribution in [1.82, 2.24) is 15.7 Å². The van der Waals surface area contributed by atoms with Crippen LogP contribution in [0.15, 0.2) is 48.5 Å². The highest BCUT2D eigenvalue weighted by Crippen LogP contribution is 2.21. The zero-order chi connectivity index (χ0) is 21.7. The second-order valence-corrected chi connectivity index (χ2v) is 7.75. The maximum Gasteiger partial charge on any atom is 0.341 e. The molecular formula is C24H33N3O4. The van der Waals surface area contributed by atoms with Crippen molar-refractivity contribution in [2.45, 2.75) is 58.7 Å². The van der Waals surface area contributed by atoms with Crippen LogP contribution in [0.5, 0.6) is 0 Å². The molecule has 2 atom stereocenters. The van der Waals surface area contributed by atoms with Gasteiger partial charge in [0.2, 0.25) is 0 Å². The van der Waals surface area contributed by atoms with Gasteiger partial charge in [0.05, 0.1) is 18.7 Å². The molecule has 7 heteroatoms. The number of hydroxylamine groups is 2. The molecule has 168 valence electrons. The van der Waals surface area contributed by atoms with E-state index in [0.29, 0.717) is 10.6 Å². The van der Waals surface area contributed by atoms with Crippen LogP contribution < -0.4 is 10.6 Å². The topological polar surface area (TPSA) is 102 Å². The lowest BCUT2D eigenvalue weighted by Crippen LogP contribution is -2.52. The summed E-state index contributed by atoms with van der Waals surface area (Å²) in [7, 11) is 0. The zero-order valence-electron chi connectivity index (χ0n) is 17.3. The number of rotatable bonds is 8. The molecule has 0 heterocycles. The molecule has 31 heavy (non-hydrogen) atoms. The second-order valence-electron chi connectivity index (χ2n) is 7.75. The smallest absolute Gasteiger partial charge is 0.341 e. The van der Waals surface area contributed by atoms with E-state index in [1.807, 2.05) is 12.1 Å². The van der Waals surface area contributed by atoms with Crippen molar-refractivity contribution in [1.29, 1.82) is 0 Å². The maximum atomic E-state index is 12.6. The number of urea groups is 1. The fourth-order valence-electron chi connectivity index (χ4n) is 3.06. The van der Waals surface area contributed by atoms with Crippen molar-refractivity contribution in [3.63, 3.8) is 0 Å². The summed E-state index contributed by atoms with van der Waals surface area (Å²) >= 11 is 0. The Bertz CT molecular complexity index is 861.